The Morgan fingerprint density at radius 1 is 1.09 bits per heavy atom. The van der Waals surface area contributed by atoms with Crippen LogP contribution in [-0.2, 0) is 4.79 Å². The number of nitrogens with zero attached hydrogens (tertiary/aromatic N) is 5. The lowest BCUT2D eigenvalue weighted by Crippen LogP contribution is -2.55. The van der Waals surface area contributed by atoms with Gasteiger partial charge in [-0.25, -0.2) is 4.79 Å². The summed E-state index contributed by atoms with van der Waals surface area (Å²) in [6.45, 7) is 8.64. The highest BCUT2D eigenvalue weighted by atomic mass is 35.5. The Balaban J connectivity index is 1.20. The van der Waals surface area contributed by atoms with Crippen LogP contribution in [0.15, 0.2) is 42.2 Å². The van der Waals surface area contributed by atoms with Crippen LogP contribution in [0.5, 0.6) is 0 Å². The van der Waals surface area contributed by atoms with Gasteiger partial charge in [0, 0.05) is 80.9 Å². The second kappa shape index (κ2) is 13.4. The first-order chi connectivity index (χ1) is 21.3. The fourth-order valence-corrected chi connectivity index (χ4v) is 6.60. The number of aryl methyl sites for hydroxylation is 3. The van der Waals surface area contributed by atoms with E-state index in [1.807, 2.05) is 39.1 Å². The number of anilines is 1. The van der Waals surface area contributed by atoms with Crippen LogP contribution in [0.3, 0.4) is 0 Å². The summed E-state index contributed by atoms with van der Waals surface area (Å²) in [6, 6.07) is 6.12. The number of pyridine rings is 1. The van der Waals surface area contributed by atoms with Crippen molar-refractivity contribution >= 4 is 35.1 Å². The van der Waals surface area contributed by atoms with Gasteiger partial charge in [-0.2, -0.15) is 13.2 Å². The molecule has 13 heteroatoms. The van der Waals surface area contributed by atoms with E-state index in [9.17, 15) is 27.6 Å². The van der Waals surface area contributed by atoms with Crippen molar-refractivity contribution in [2.75, 3.05) is 50.7 Å². The summed E-state index contributed by atoms with van der Waals surface area (Å²) in [6.07, 6.45) is 0.187. The zero-order chi connectivity index (χ0) is 32.5. The highest BCUT2D eigenvalue weighted by molar-refractivity contribution is 6.31. The van der Waals surface area contributed by atoms with Crippen molar-refractivity contribution in [3.05, 3.63) is 69.6 Å². The molecule has 4 heterocycles. The van der Waals surface area contributed by atoms with Gasteiger partial charge in [0.25, 0.3) is 5.91 Å². The van der Waals surface area contributed by atoms with Gasteiger partial charge >= 0.3 is 18.1 Å². The van der Waals surface area contributed by atoms with Crippen LogP contribution in [0.4, 0.5) is 23.7 Å². The Kier molecular flexibility index (Phi) is 9.74. The second-order valence-corrected chi connectivity index (χ2v) is 12.6. The van der Waals surface area contributed by atoms with E-state index in [0.717, 1.165) is 34.8 Å². The molecule has 2 fully saturated rings. The first-order valence-corrected chi connectivity index (χ1v) is 15.6. The Morgan fingerprint density at radius 3 is 2.56 bits per heavy atom. The standard InChI is InChI=1S/C32H38ClF3N6O3/c1-20-7-8-26(14-27(20)33)42(31(45)38-25-6-4-12-40(19-25)30(44)32(34,35)36)13-5-11-39-15-23-17-41(18-24(23)16-39)29(43)28-21(2)9-10-37-22(28)3/h7-10,14,17,24-25H,4-6,11-13,15-16,18-19H2,1-3H3,(H,38,45). The van der Waals surface area contributed by atoms with Gasteiger partial charge in [0.15, 0.2) is 0 Å². The normalized spacial score (nSPS) is 20.2. The number of carbonyl (C=O) groups is 3. The monoisotopic (exact) mass is 646 g/mol. The molecule has 2 atom stereocenters. The molecule has 2 aromatic rings. The van der Waals surface area contributed by atoms with E-state index in [4.69, 9.17) is 11.6 Å². The number of hydrogen-bond acceptors (Lipinski definition) is 5. The number of halogens is 4. The Morgan fingerprint density at radius 2 is 1.87 bits per heavy atom. The minimum Gasteiger partial charge on any atom is -0.333 e. The fraction of sp³-hybridized carbons (Fsp3) is 0.500. The Labute approximate surface area is 266 Å². The SMILES string of the molecule is Cc1ccc(N(CCCN2CC3=CN(C(=O)c4c(C)ccnc4C)CC3C2)C(=O)NC2CCCN(C(=O)C(F)(F)F)C2)cc1Cl. The van der Waals surface area contributed by atoms with Crippen molar-refractivity contribution in [2.45, 2.75) is 52.3 Å². The summed E-state index contributed by atoms with van der Waals surface area (Å²) in [5.74, 6) is -1.67. The number of rotatable bonds is 7. The molecule has 3 aliphatic heterocycles. The highest BCUT2D eigenvalue weighted by Gasteiger charge is 2.44. The van der Waals surface area contributed by atoms with Gasteiger partial charge < -0.3 is 15.1 Å². The molecule has 45 heavy (non-hydrogen) atoms. The number of fused-ring (bicyclic) bond motifs is 1. The average Bonchev–Trinajstić information content (AvgIpc) is 3.55. The van der Waals surface area contributed by atoms with Crippen LogP contribution >= 0.6 is 11.6 Å². The zero-order valence-corrected chi connectivity index (χ0v) is 26.4. The molecule has 9 nitrogen and oxygen atoms in total. The van der Waals surface area contributed by atoms with Crippen molar-refractivity contribution in [2.24, 2.45) is 5.92 Å². The topological polar surface area (TPSA) is 89.1 Å². The maximum Gasteiger partial charge on any atom is 0.471 e. The summed E-state index contributed by atoms with van der Waals surface area (Å²) in [5, 5.41) is 3.35. The van der Waals surface area contributed by atoms with Crippen LogP contribution in [0.1, 0.15) is 46.4 Å². The maximum absolute atomic E-state index is 13.5. The number of urea groups is 1. The van der Waals surface area contributed by atoms with E-state index in [-0.39, 0.29) is 24.9 Å². The lowest BCUT2D eigenvalue weighted by atomic mass is 10.1. The van der Waals surface area contributed by atoms with Crippen LogP contribution in [0.2, 0.25) is 5.02 Å². The molecular formula is C32H38ClF3N6O3. The number of hydrogen-bond donors (Lipinski definition) is 1. The number of piperidine rings is 1. The molecule has 1 aromatic carbocycles. The molecule has 3 aliphatic rings. The van der Waals surface area contributed by atoms with Crippen molar-refractivity contribution in [3.8, 4) is 0 Å². The van der Waals surface area contributed by atoms with Crippen LogP contribution in [0, 0.1) is 26.7 Å². The zero-order valence-electron chi connectivity index (χ0n) is 25.7. The number of alkyl halides is 3. The molecule has 4 amide bonds. The van der Waals surface area contributed by atoms with Crippen molar-refractivity contribution in [1.82, 2.24) is 25.0 Å². The van der Waals surface area contributed by atoms with Gasteiger partial charge in [0.05, 0.1) is 11.3 Å². The third kappa shape index (κ3) is 7.44. The summed E-state index contributed by atoms with van der Waals surface area (Å²) in [4.78, 5) is 49.2. The Bertz CT molecular complexity index is 1480. The Hall–Kier alpha value is -3.64. The maximum atomic E-state index is 13.5. The molecule has 2 saturated heterocycles. The minimum absolute atomic E-state index is 0.00390. The summed E-state index contributed by atoms with van der Waals surface area (Å²) < 4.78 is 39.0. The van der Waals surface area contributed by atoms with Crippen LogP contribution < -0.4 is 10.2 Å². The molecule has 1 N–H and O–H groups in total. The predicted octanol–water partition coefficient (Wildman–Crippen LogP) is 5.09. The summed E-state index contributed by atoms with van der Waals surface area (Å²) in [7, 11) is 0. The first-order valence-electron chi connectivity index (χ1n) is 15.2. The quantitative estimate of drug-likeness (QED) is 0.453. The molecule has 0 radical (unpaired) electrons. The van der Waals surface area contributed by atoms with Gasteiger partial charge in [0.1, 0.15) is 0 Å². The number of likely N-dealkylation sites (tertiary alicyclic amines) is 2. The first kappa shape index (κ1) is 32.7. The highest BCUT2D eigenvalue weighted by Crippen LogP contribution is 2.31. The summed E-state index contributed by atoms with van der Waals surface area (Å²) >= 11 is 6.38. The van der Waals surface area contributed by atoms with Gasteiger partial charge in [-0.05, 0) is 74.9 Å². The number of carbonyl (C=O) groups excluding carboxylic acids is 3. The molecular weight excluding hydrogens is 609 g/mol. The fourth-order valence-electron chi connectivity index (χ4n) is 6.43. The third-order valence-corrected chi connectivity index (χ3v) is 9.23. The van der Waals surface area contributed by atoms with Gasteiger partial charge in [-0.15, -0.1) is 0 Å². The molecule has 5 rings (SSSR count). The van der Waals surface area contributed by atoms with E-state index < -0.39 is 24.2 Å². The molecule has 1 aromatic heterocycles. The van der Waals surface area contributed by atoms with Crippen molar-refractivity contribution in [3.63, 3.8) is 0 Å². The lowest BCUT2D eigenvalue weighted by molar-refractivity contribution is -0.186. The van der Waals surface area contributed by atoms with Crippen LogP contribution in [0.25, 0.3) is 0 Å². The minimum atomic E-state index is -4.95. The largest absolute Gasteiger partial charge is 0.471 e. The van der Waals surface area contributed by atoms with Gasteiger partial charge in [-0.1, -0.05) is 17.7 Å². The number of aromatic nitrogens is 1. The van der Waals surface area contributed by atoms with E-state index in [0.29, 0.717) is 55.2 Å². The molecule has 0 aliphatic carbocycles. The lowest BCUT2D eigenvalue weighted by Gasteiger charge is -2.35. The molecule has 0 saturated carbocycles. The van der Waals surface area contributed by atoms with E-state index >= 15 is 0 Å². The van der Waals surface area contributed by atoms with E-state index in [1.54, 1.807) is 28.1 Å². The number of benzene rings is 1. The van der Waals surface area contributed by atoms with Gasteiger partial charge in [0.2, 0.25) is 0 Å². The average molecular weight is 647 g/mol. The molecule has 0 bridgehead atoms. The third-order valence-electron chi connectivity index (χ3n) is 8.82. The van der Waals surface area contributed by atoms with E-state index in [1.165, 1.54) is 5.57 Å². The molecule has 242 valence electrons. The number of amides is 4. The second-order valence-electron chi connectivity index (χ2n) is 12.2. The van der Waals surface area contributed by atoms with Crippen molar-refractivity contribution < 1.29 is 27.6 Å². The van der Waals surface area contributed by atoms with Crippen LogP contribution in [-0.4, -0.2) is 95.6 Å². The number of nitrogens with one attached hydrogen (secondary N) is 1. The van der Waals surface area contributed by atoms with Crippen molar-refractivity contribution in [1.29, 1.82) is 0 Å². The molecule has 2 unspecified atom stereocenters. The van der Waals surface area contributed by atoms with Gasteiger partial charge in [-0.3, -0.25) is 24.4 Å². The molecule has 0 spiro atoms. The predicted molar refractivity (Wildman–Crippen MR) is 165 cm³/mol. The smallest absolute Gasteiger partial charge is 0.333 e. The van der Waals surface area contributed by atoms with E-state index in [2.05, 4.69) is 15.2 Å². The summed E-state index contributed by atoms with van der Waals surface area (Å²) in [5.41, 5.74) is 4.91.